The SMILES string of the molecule is COc1ccccc1CN1CCC(NC(=O)c2cc(OC)c(OC)c(OC)c2[N+](=O)[O-])CC1. The molecule has 1 heterocycles. The standard InChI is InChI=1S/C23H29N3O7/c1-30-18-8-6-5-7-15(18)14-25-11-9-16(10-12-25)24-23(27)17-13-19(31-2)21(32-3)22(33-4)20(17)26(28)29/h5-8,13,16H,9-12,14H2,1-4H3,(H,24,27). The van der Waals surface area contributed by atoms with Crippen LogP contribution >= 0.6 is 0 Å². The van der Waals surface area contributed by atoms with Gasteiger partial charge in [0, 0.05) is 37.3 Å². The Morgan fingerprint density at radius 3 is 2.24 bits per heavy atom. The third kappa shape index (κ3) is 5.28. The second-order valence-corrected chi connectivity index (χ2v) is 7.63. The molecule has 0 radical (unpaired) electrons. The summed E-state index contributed by atoms with van der Waals surface area (Å²) in [5, 5.41) is 14.7. The van der Waals surface area contributed by atoms with Gasteiger partial charge in [0.15, 0.2) is 5.75 Å². The molecule has 178 valence electrons. The van der Waals surface area contributed by atoms with E-state index < -0.39 is 16.5 Å². The van der Waals surface area contributed by atoms with E-state index in [1.54, 1.807) is 7.11 Å². The topological polar surface area (TPSA) is 112 Å². The molecule has 33 heavy (non-hydrogen) atoms. The van der Waals surface area contributed by atoms with Gasteiger partial charge in [-0.05, 0) is 18.9 Å². The van der Waals surface area contributed by atoms with Gasteiger partial charge in [0.1, 0.15) is 11.3 Å². The molecule has 10 heteroatoms. The quantitative estimate of drug-likeness (QED) is 0.450. The fourth-order valence-electron chi connectivity index (χ4n) is 4.07. The number of methoxy groups -OCH3 is 4. The van der Waals surface area contributed by atoms with Crippen molar-refractivity contribution in [3.8, 4) is 23.0 Å². The fourth-order valence-corrected chi connectivity index (χ4v) is 4.07. The van der Waals surface area contributed by atoms with Gasteiger partial charge in [0.25, 0.3) is 5.91 Å². The lowest BCUT2D eigenvalue weighted by molar-refractivity contribution is -0.386. The van der Waals surface area contributed by atoms with E-state index in [4.69, 9.17) is 18.9 Å². The van der Waals surface area contributed by atoms with Crippen LogP contribution in [-0.4, -0.2) is 63.3 Å². The van der Waals surface area contributed by atoms with Crippen LogP contribution < -0.4 is 24.3 Å². The third-order valence-corrected chi connectivity index (χ3v) is 5.74. The van der Waals surface area contributed by atoms with Crippen LogP contribution in [0.15, 0.2) is 30.3 Å². The van der Waals surface area contributed by atoms with Crippen LogP contribution in [0.25, 0.3) is 0 Å². The van der Waals surface area contributed by atoms with Gasteiger partial charge in [-0.15, -0.1) is 0 Å². The van der Waals surface area contributed by atoms with Gasteiger partial charge in [-0.2, -0.15) is 0 Å². The summed E-state index contributed by atoms with van der Waals surface area (Å²) in [7, 11) is 5.68. The number of hydrogen-bond donors (Lipinski definition) is 1. The lowest BCUT2D eigenvalue weighted by Gasteiger charge is -2.32. The lowest BCUT2D eigenvalue weighted by Crippen LogP contribution is -2.44. The first-order valence-corrected chi connectivity index (χ1v) is 10.6. The van der Waals surface area contributed by atoms with E-state index in [1.165, 1.54) is 27.4 Å². The summed E-state index contributed by atoms with van der Waals surface area (Å²) in [5.74, 6) is 0.384. The zero-order chi connectivity index (χ0) is 24.0. The van der Waals surface area contributed by atoms with Crippen LogP contribution in [0.3, 0.4) is 0 Å². The van der Waals surface area contributed by atoms with Crippen LogP contribution in [0.5, 0.6) is 23.0 Å². The molecule has 1 aliphatic rings. The zero-order valence-electron chi connectivity index (χ0n) is 19.3. The maximum Gasteiger partial charge on any atom is 0.327 e. The molecule has 1 fully saturated rings. The number of likely N-dealkylation sites (tertiary alicyclic amines) is 1. The van der Waals surface area contributed by atoms with Crippen LogP contribution in [0, 0.1) is 10.1 Å². The van der Waals surface area contributed by atoms with E-state index in [0.717, 1.165) is 43.8 Å². The number of nitro benzene ring substituents is 1. The number of nitrogens with zero attached hydrogens (tertiary/aromatic N) is 2. The molecule has 1 aliphatic heterocycles. The van der Waals surface area contributed by atoms with E-state index in [-0.39, 0.29) is 28.9 Å². The molecule has 0 saturated carbocycles. The number of carbonyl (C=O) groups excluding carboxylic acids is 1. The minimum atomic E-state index is -0.647. The summed E-state index contributed by atoms with van der Waals surface area (Å²) in [6, 6.07) is 9.10. The first kappa shape index (κ1) is 24.1. The molecule has 3 rings (SSSR count). The summed E-state index contributed by atoms with van der Waals surface area (Å²) in [5.41, 5.74) is 0.516. The number of rotatable bonds is 9. The Labute approximate surface area is 192 Å². The molecule has 10 nitrogen and oxygen atoms in total. The highest BCUT2D eigenvalue weighted by atomic mass is 16.6. The lowest BCUT2D eigenvalue weighted by atomic mass is 10.0. The number of benzene rings is 2. The average Bonchev–Trinajstić information content (AvgIpc) is 2.83. The smallest absolute Gasteiger partial charge is 0.327 e. The molecular formula is C23H29N3O7. The first-order chi connectivity index (χ1) is 15.9. The van der Waals surface area contributed by atoms with Gasteiger partial charge in [0.2, 0.25) is 11.5 Å². The normalized spacial score (nSPS) is 14.4. The molecule has 2 aromatic rings. The minimum absolute atomic E-state index is 0.0629. The van der Waals surface area contributed by atoms with E-state index in [9.17, 15) is 14.9 Å². The molecule has 0 spiro atoms. The predicted molar refractivity (Wildman–Crippen MR) is 122 cm³/mol. The number of para-hydroxylation sites is 1. The van der Waals surface area contributed by atoms with E-state index >= 15 is 0 Å². The Balaban J connectivity index is 1.71. The minimum Gasteiger partial charge on any atom is -0.496 e. The van der Waals surface area contributed by atoms with Gasteiger partial charge < -0.3 is 24.3 Å². The van der Waals surface area contributed by atoms with Crippen LogP contribution in [0.2, 0.25) is 0 Å². The van der Waals surface area contributed by atoms with Gasteiger partial charge in [-0.1, -0.05) is 18.2 Å². The second-order valence-electron chi connectivity index (χ2n) is 7.63. The zero-order valence-corrected chi connectivity index (χ0v) is 19.3. The molecular weight excluding hydrogens is 430 g/mol. The number of piperidine rings is 1. The Kier molecular flexibility index (Phi) is 7.94. The van der Waals surface area contributed by atoms with E-state index in [1.807, 2.05) is 24.3 Å². The molecule has 0 unspecified atom stereocenters. The highest BCUT2D eigenvalue weighted by Gasteiger charge is 2.33. The molecule has 0 atom stereocenters. The number of carbonyl (C=O) groups is 1. The first-order valence-electron chi connectivity index (χ1n) is 10.6. The summed E-state index contributed by atoms with van der Waals surface area (Å²) in [4.78, 5) is 26.4. The summed E-state index contributed by atoms with van der Waals surface area (Å²) in [6.45, 7) is 2.31. The van der Waals surface area contributed by atoms with E-state index in [0.29, 0.717) is 0 Å². The molecule has 0 bridgehead atoms. The fraction of sp³-hybridized carbons (Fsp3) is 0.435. The van der Waals surface area contributed by atoms with E-state index in [2.05, 4.69) is 10.2 Å². The molecule has 0 aromatic heterocycles. The van der Waals surface area contributed by atoms with Gasteiger partial charge in [0.05, 0.1) is 33.4 Å². The maximum absolute atomic E-state index is 13.0. The van der Waals surface area contributed by atoms with Crippen molar-refractivity contribution in [1.82, 2.24) is 10.2 Å². The number of nitro groups is 1. The van der Waals surface area contributed by atoms with Gasteiger partial charge >= 0.3 is 5.69 Å². The highest BCUT2D eigenvalue weighted by molar-refractivity contribution is 6.00. The predicted octanol–water partition coefficient (Wildman–Crippen LogP) is 3.02. The second kappa shape index (κ2) is 10.9. The number of hydrogen-bond acceptors (Lipinski definition) is 8. The summed E-state index contributed by atoms with van der Waals surface area (Å²) >= 11 is 0. The monoisotopic (exact) mass is 459 g/mol. The molecule has 1 saturated heterocycles. The Morgan fingerprint density at radius 1 is 1.03 bits per heavy atom. The summed E-state index contributed by atoms with van der Waals surface area (Å²) < 4.78 is 21.1. The highest BCUT2D eigenvalue weighted by Crippen LogP contribution is 2.46. The van der Waals surface area contributed by atoms with Crippen molar-refractivity contribution in [3.63, 3.8) is 0 Å². The van der Waals surface area contributed by atoms with Gasteiger partial charge in [-0.25, -0.2) is 0 Å². The number of nitrogens with one attached hydrogen (secondary N) is 1. The van der Waals surface area contributed by atoms with Crippen LogP contribution in [-0.2, 0) is 6.54 Å². The average molecular weight is 459 g/mol. The number of amides is 1. The number of ether oxygens (including phenoxy) is 4. The van der Waals surface area contributed by atoms with Crippen LogP contribution in [0.1, 0.15) is 28.8 Å². The Bertz CT molecular complexity index is 1000. The molecule has 1 N–H and O–H groups in total. The molecule has 1 amide bonds. The van der Waals surface area contributed by atoms with Crippen molar-refractivity contribution in [2.24, 2.45) is 0 Å². The third-order valence-electron chi connectivity index (χ3n) is 5.74. The van der Waals surface area contributed by atoms with Crippen molar-refractivity contribution in [2.45, 2.75) is 25.4 Å². The van der Waals surface area contributed by atoms with Crippen molar-refractivity contribution in [2.75, 3.05) is 41.5 Å². The maximum atomic E-state index is 13.0. The van der Waals surface area contributed by atoms with Crippen molar-refractivity contribution in [1.29, 1.82) is 0 Å². The molecule has 0 aliphatic carbocycles. The van der Waals surface area contributed by atoms with Crippen LogP contribution in [0.4, 0.5) is 5.69 Å². The van der Waals surface area contributed by atoms with Gasteiger partial charge in [-0.3, -0.25) is 19.8 Å². The molecule has 2 aromatic carbocycles. The summed E-state index contributed by atoms with van der Waals surface area (Å²) in [6.07, 6.45) is 1.44. The van der Waals surface area contributed by atoms with Crippen molar-refractivity contribution >= 4 is 11.6 Å². The van der Waals surface area contributed by atoms with Crippen molar-refractivity contribution in [3.05, 3.63) is 51.6 Å². The Hall–Kier alpha value is -3.53. The van der Waals surface area contributed by atoms with Crippen molar-refractivity contribution < 1.29 is 28.7 Å². The largest absolute Gasteiger partial charge is 0.496 e. The Morgan fingerprint density at radius 2 is 1.67 bits per heavy atom.